The maximum atomic E-state index is 11.7. The molecule has 1 aromatic rings. The summed E-state index contributed by atoms with van der Waals surface area (Å²) in [5, 5.41) is 5.71. The van der Waals surface area contributed by atoms with E-state index >= 15 is 0 Å². The normalized spacial score (nSPS) is 18.6. The molecular formula is C13H18N2O2S. The predicted octanol–water partition coefficient (Wildman–Crippen LogP) is 2.57. The lowest BCUT2D eigenvalue weighted by molar-refractivity contribution is 0.185. The molecule has 1 aliphatic rings. The number of thioether (sulfide) groups is 1. The maximum Gasteiger partial charge on any atom is 0.319 e. The topological polar surface area (TPSA) is 50.4 Å². The Morgan fingerprint density at radius 3 is 3.17 bits per heavy atom. The molecule has 1 aliphatic heterocycles. The highest BCUT2D eigenvalue weighted by atomic mass is 32.2. The molecule has 1 saturated heterocycles. The van der Waals surface area contributed by atoms with E-state index in [0.29, 0.717) is 12.5 Å². The van der Waals surface area contributed by atoms with Crippen molar-refractivity contribution < 1.29 is 9.53 Å². The van der Waals surface area contributed by atoms with Gasteiger partial charge in [-0.15, -0.1) is 11.8 Å². The average molecular weight is 266 g/mol. The molecule has 4 nitrogen and oxygen atoms in total. The van der Waals surface area contributed by atoms with E-state index in [1.165, 1.54) is 0 Å². The average Bonchev–Trinajstić information content (AvgIpc) is 2.90. The highest BCUT2D eigenvalue weighted by Crippen LogP contribution is 2.18. The second-order valence-electron chi connectivity index (χ2n) is 4.30. The quantitative estimate of drug-likeness (QED) is 0.824. The molecule has 2 N–H and O–H groups in total. The molecular weight excluding hydrogens is 248 g/mol. The molecule has 0 aromatic heterocycles. The smallest absolute Gasteiger partial charge is 0.319 e. The van der Waals surface area contributed by atoms with E-state index in [-0.39, 0.29) is 6.03 Å². The number of carbonyl (C=O) groups excluding carboxylic acids is 1. The highest BCUT2D eigenvalue weighted by molar-refractivity contribution is 7.98. The lowest BCUT2D eigenvalue weighted by Crippen LogP contribution is -2.33. The molecule has 0 spiro atoms. The maximum absolute atomic E-state index is 11.7. The second-order valence-corrected chi connectivity index (χ2v) is 5.18. The van der Waals surface area contributed by atoms with Crippen molar-refractivity contribution in [1.29, 1.82) is 0 Å². The number of urea groups is 1. The van der Waals surface area contributed by atoms with Crippen molar-refractivity contribution in [3.05, 3.63) is 24.3 Å². The summed E-state index contributed by atoms with van der Waals surface area (Å²) in [5.74, 6) is 0.452. The van der Waals surface area contributed by atoms with Gasteiger partial charge in [0.05, 0.1) is 6.61 Å². The molecule has 0 aliphatic carbocycles. The number of rotatable bonds is 4. The third-order valence-electron chi connectivity index (χ3n) is 2.90. The summed E-state index contributed by atoms with van der Waals surface area (Å²) < 4.78 is 5.26. The number of benzene rings is 1. The van der Waals surface area contributed by atoms with Crippen LogP contribution in [0.3, 0.4) is 0 Å². The highest BCUT2D eigenvalue weighted by Gasteiger charge is 2.16. The Labute approximate surface area is 111 Å². The molecule has 2 amide bonds. The van der Waals surface area contributed by atoms with E-state index in [9.17, 15) is 4.79 Å². The first kappa shape index (κ1) is 13.2. The first-order valence-corrected chi connectivity index (χ1v) is 7.27. The molecule has 2 rings (SSSR count). The zero-order chi connectivity index (χ0) is 12.8. The number of anilines is 1. The number of ether oxygens (including phenoxy) is 1. The Bertz CT molecular complexity index is 406. The SMILES string of the molecule is CSc1cccc(NC(=O)NC[C@H]2CCOC2)c1. The summed E-state index contributed by atoms with van der Waals surface area (Å²) in [6.45, 7) is 2.24. The first-order chi connectivity index (χ1) is 8.78. The fraction of sp³-hybridized carbons (Fsp3) is 0.462. The van der Waals surface area contributed by atoms with Gasteiger partial charge in [0.15, 0.2) is 0 Å². The first-order valence-electron chi connectivity index (χ1n) is 6.04. The van der Waals surface area contributed by atoms with Crippen LogP contribution in [0.15, 0.2) is 29.2 Å². The Balaban J connectivity index is 1.78. The lowest BCUT2D eigenvalue weighted by atomic mass is 10.1. The standard InChI is InChI=1S/C13H18N2O2S/c1-18-12-4-2-3-11(7-12)15-13(16)14-8-10-5-6-17-9-10/h2-4,7,10H,5-6,8-9H2,1H3,(H2,14,15,16)/t10-/m1/s1. The Morgan fingerprint density at radius 1 is 1.56 bits per heavy atom. The number of nitrogens with one attached hydrogen (secondary N) is 2. The van der Waals surface area contributed by atoms with Crippen molar-refractivity contribution in [2.24, 2.45) is 5.92 Å². The van der Waals surface area contributed by atoms with Crippen LogP contribution in [-0.4, -0.2) is 32.0 Å². The van der Waals surface area contributed by atoms with Crippen LogP contribution in [0.4, 0.5) is 10.5 Å². The lowest BCUT2D eigenvalue weighted by Gasteiger charge is -2.11. The van der Waals surface area contributed by atoms with E-state index in [1.807, 2.05) is 30.5 Å². The number of carbonyl (C=O) groups is 1. The largest absolute Gasteiger partial charge is 0.381 e. The van der Waals surface area contributed by atoms with Crippen LogP contribution < -0.4 is 10.6 Å². The Hall–Kier alpha value is -1.20. The van der Waals surface area contributed by atoms with Gasteiger partial charge in [0.2, 0.25) is 0 Å². The van der Waals surface area contributed by atoms with Gasteiger partial charge in [-0.1, -0.05) is 6.07 Å². The zero-order valence-corrected chi connectivity index (χ0v) is 11.3. The molecule has 0 bridgehead atoms. The summed E-state index contributed by atoms with van der Waals surface area (Å²) >= 11 is 1.66. The van der Waals surface area contributed by atoms with Gasteiger partial charge in [0.1, 0.15) is 0 Å². The van der Waals surface area contributed by atoms with E-state index in [4.69, 9.17) is 4.74 Å². The van der Waals surface area contributed by atoms with Crippen molar-refractivity contribution >= 4 is 23.5 Å². The molecule has 5 heteroatoms. The minimum Gasteiger partial charge on any atom is -0.381 e. The van der Waals surface area contributed by atoms with E-state index in [0.717, 1.165) is 30.2 Å². The minimum absolute atomic E-state index is 0.153. The summed E-state index contributed by atoms with van der Waals surface area (Å²) in [6.07, 6.45) is 3.04. The molecule has 0 radical (unpaired) electrons. The van der Waals surface area contributed by atoms with Gasteiger partial charge in [-0.3, -0.25) is 0 Å². The van der Waals surface area contributed by atoms with Crippen LogP contribution >= 0.6 is 11.8 Å². The number of hydrogen-bond acceptors (Lipinski definition) is 3. The van der Waals surface area contributed by atoms with Crippen LogP contribution in [-0.2, 0) is 4.74 Å². The van der Waals surface area contributed by atoms with E-state index in [1.54, 1.807) is 11.8 Å². The second kappa shape index (κ2) is 6.66. The molecule has 1 aromatic carbocycles. The fourth-order valence-electron chi connectivity index (χ4n) is 1.86. The van der Waals surface area contributed by atoms with Crippen molar-refractivity contribution in [3.8, 4) is 0 Å². The predicted molar refractivity (Wildman–Crippen MR) is 74.2 cm³/mol. The van der Waals surface area contributed by atoms with Crippen molar-refractivity contribution in [2.45, 2.75) is 11.3 Å². The van der Waals surface area contributed by atoms with Crippen LogP contribution in [0.25, 0.3) is 0 Å². The van der Waals surface area contributed by atoms with Crippen molar-refractivity contribution in [2.75, 3.05) is 31.3 Å². The minimum atomic E-state index is -0.153. The third kappa shape index (κ3) is 3.92. The molecule has 1 heterocycles. The van der Waals surface area contributed by atoms with E-state index < -0.39 is 0 Å². The van der Waals surface area contributed by atoms with Gasteiger partial charge >= 0.3 is 6.03 Å². The van der Waals surface area contributed by atoms with Gasteiger partial charge in [0.25, 0.3) is 0 Å². The summed E-state index contributed by atoms with van der Waals surface area (Å²) in [4.78, 5) is 12.8. The third-order valence-corrected chi connectivity index (χ3v) is 3.63. The monoisotopic (exact) mass is 266 g/mol. The number of amides is 2. The van der Waals surface area contributed by atoms with Crippen molar-refractivity contribution in [3.63, 3.8) is 0 Å². The molecule has 18 heavy (non-hydrogen) atoms. The van der Waals surface area contributed by atoms with Gasteiger partial charge in [-0.2, -0.15) is 0 Å². The number of hydrogen-bond donors (Lipinski definition) is 2. The van der Waals surface area contributed by atoms with Crippen LogP contribution in [0.1, 0.15) is 6.42 Å². The van der Waals surface area contributed by atoms with Gasteiger partial charge in [0, 0.05) is 29.7 Å². The van der Waals surface area contributed by atoms with Crippen LogP contribution in [0.5, 0.6) is 0 Å². The molecule has 98 valence electrons. The zero-order valence-electron chi connectivity index (χ0n) is 10.4. The van der Waals surface area contributed by atoms with Crippen LogP contribution in [0, 0.1) is 5.92 Å². The van der Waals surface area contributed by atoms with Gasteiger partial charge in [-0.25, -0.2) is 4.79 Å². The molecule has 1 fully saturated rings. The van der Waals surface area contributed by atoms with Gasteiger partial charge < -0.3 is 15.4 Å². The Kier molecular flexibility index (Phi) is 4.90. The van der Waals surface area contributed by atoms with E-state index in [2.05, 4.69) is 10.6 Å². The molecule has 0 saturated carbocycles. The van der Waals surface area contributed by atoms with Crippen molar-refractivity contribution in [1.82, 2.24) is 5.32 Å². The summed E-state index contributed by atoms with van der Waals surface area (Å²) in [5.41, 5.74) is 0.821. The summed E-state index contributed by atoms with van der Waals surface area (Å²) in [7, 11) is 0. The van der Waals surface area contributed by atoms with Crippen LogP contribution in [0.2, 0.25) is 0 Å². The summed E-state index contributed by atoms with van der Waals surface area (Å²) in [6, 6.07) is 7.65. The fourth-order valence-corrected chi connectivity index (χ4v) is 2.32. The van der Waals surface area contributed by atoms with Gasteiger partial charge in [-0.05, 0) is 30.9 Å². The molecule has 1 atom stereocenters. The molecule has 0 unspecified atom stereocenters. The Morgan fingerprint density at radius 2 is 2.44 bits per heavy atom.